The number of aromatic nitrogens is 5. The van der Waals surface area contributed by atoms with Crippen molar-refractivity contribution in [3.63, 3.8) is 0 Å². The van der Waals surface area contributed by atoms with Crippen molar-refractivity contribution in [1.82, 2.24) is 30.0 Å². The zero-order chi connectivity index (χ0) is 22.1. The maximum atomic E-state index is 15.1. The molecule has 0 aliphatic carbocycles. The predicted molar refractivity (Wildman–Crippen MR) is 121 cm³/mol. The molecule has 1 aliphatic rings. The summed E-state index contributed by atoms with van der Waals surface area (Å²) in [5.74, 6) is 1.59. The second kappa shape index (κ2) is 8.46. The molecule has 1 saturated heterocycles. The average molecular weight is 436 g/mol. The van der Waals surface area contributed by atoms with E-state index in [0.29, 0.717) is 17.0 Å². The van der Waals surface area contributed by atoms with Crippen molar-refractivity contribution in [2.75, 3.05) is 42.9 Å². The number of piperazine rings is 1. The summed E-state index contributed by atoms with van der Waals surface area (Å²) in [7, 11) is 0. The summed E-state index contributed by atoms with van der Waals surface area (Å²) in [5.41, 5.74) is 1.60. The number of aromatic amines is 2. The first-order valence-corrected chi connectivity index (χ1v) is 10.7. The molecule has 0 unspecified atom stereocenters. The number of likely N-dealkylation sites (N-methyl/N-ethyl adjacent to an activating group) is 1. The number of ether oxygens (including phenoxy) is 1. The van der Waals surface area contributed by atoms with Crippen LogP contribution in [0, 0.1) is 12.7 Å². The van der Waals surface area contributed by atoms with Gasteiger partial charge in [0.15, 0.2) is 11.6 Å². The van der Waals surface area contributed by atoms with Gasteiger partial charge < -0.3 is 24.8 Å². The van der Waals surface area contributed by atoms with E-state index >= 15 is 4.39 Å². The van der Waals surface area contributed by atoms with Crippen LogP contribution < -0.4 is 15.0 Å². The third-order valence-electron chi connectivity index (χ3n) is 5.64. The van der Waals surface area contributed by atoms with Gasteiger partial charge in [-0.25, -0.2) is 4.39 Å². The molecule has 3 aromatic heterocycles. The molecule has 5 rings (SSSR count). The normalized spacial score (nSPS) is 14.8. The van der Waals surface area contributed by atoms with Crippen molar-refractivity contribution in [2.45, 2.75) is 13.8 Å². The van der Waals surface area contributed by atoms with E-state index in [0.717, 1.165) is 49.8 Å². The standard InChI is InChI=1S/C22H25FN8O/c1-3-30-8-10-31(11-9-30)20-13-19(26-18-6-7-24-29-18)27-22(28-20)32-17-5-4-16-15(21(17)23)12-14(2)25-16/h4-7,12-13,25H,3,8-11H2,1-2H3,(H2,24,26,27,28,29). The van der Waals surface area contributed by atoms with Crippen LogP contribution in [-0.2, 0) is 0 Å². The molecule has 1 aliphatic heterocycles. The van der Waals surface area contributed by atoms with Gasteiger partial charge in [-0.1, -0.05) is 6.92 Å². The fourth-order valence-electron chi connectivity index (χ4n) is 3.91. The van der Waals surface area contributed by atoms with Crippen molar-refractivity contribution < 1.29 is 9.13 Å². The van der Waals surface area contributed by atoms with Gasteiger partial charge in [-0.15, -0.1) is 0 Å². The molecule has 0 bridgehead atoms. The highest BCUT2D eigenvalue weighted by molar-refractivity contribution is 5.82. The minimum Gasteiger partial charge on any atom is -0.421 e. The molecule has 0 amide bonds. The predicted octanol–water partition coefficient (Wildman–Crippen LogP) is 3.81. The Kier molecular flexibility index (Phi) is 5.36. The Hall–Kier alpha value is -3.66. The van der Waals surface area contributed by atoms with Gasteiger partial charge in [-0.05, 0) is 31.7 Å². The summed E-state index contributed by atoms with van der Waals surface area (Å²) in [6, 6.07) is 8.87. The second-order valence-electron chi connectivity index (χ2n) is 7.80. The number of rotatable bonds is 6. The monoisotopic (exact) mass is 436 g/mol. The van der Waals surface area contributed by atoms with Crippen molar-refractivity contribution >= 4 is 28.4 Å². The number of fused-ring (bicyclic) bond motifs is 1. The van der Waals surface area contributed by atoms with Crippen LogP contribution in [-0.4, -0.2) is 62.8 Å². The van der Waals surface area contributed by atoms with E-state index in [1.54, 1.807) is 30.5 Å². The molecule has 0 radical (unpaired) electrons. The van der Waals surface area contributed by atoms with Crippen LogP contribution in [0.4, 0.5) is 21.8 Å². The van der Waals surface area contributed by atoms with E-state index < -0.39 is 5.82 Å². The number of hydrogen-bond donors (Lipinski definition) is 3. The minimum atomic E-state index is -0.444. The number of nitrogens with zero attached hydrogens (tertiary/aromatic N) is 5. The molecule has 9 nitrogen and oxygen atoms in total. The lowest BCUT2D eigenvalue weighted by molar-refractivity contribution is 0.270. The smallest absolute Gasteiger partial charge is 0.326 e. The first-order chi connectivity index (χ1) is 15.6. The summed E-state index contributed by atoms with van der Waals surface area (Å²) in [5, 5.41) is 10.4. The van der Waals surface area contributed by atoms with Crippen LogP contribution in [0.2, 0.25) is 0 Å². The summed E-state index contributed by atoms with van der Waals surface area (Å²) in [6.07, 6.45) is 1.65. The van der Waals surface area contributed by atoms with E-state index in [2.05, 4.69) is 47.2 Å². The molecule has 0 spiro atoms. The number of halogens is 1. The number of nitrogens with one attached hydrogen (secondary N) is 3. The summed E-state index contributed by atoms with van der Waals surface area (Å²) in [4.78, 5) is 16.8. The Morgan fingerprint density at radius 2 is 1.97 bits per heavy atom. The zero-order valence-corrected chi connectivity index (χ0v) is 18.0. The molecule has 0 saturated carbocycles. The van der Waals surface area contributed by atoms with Crippen molar-refractivity contribution in [1.29, 1.82) is 0 Å². The fourth-order valence-corrected chi connectivity index (χ4v) is 3.91. The third-order valence-corrected chi connectivity index (χ3v) is 5.64. The van der Waals surface area contributed by atoms with Gasteiger partial charge in [-0.3, -0.25) is 5.10 Å². The van der Waals surface area contributed by atoms with Crippen LogP contribution in [0.25, 0.3) is 10.9 Å². The Morgan fingerprint density at radius 1 is 1.12 bits per heavy atom. The van der Waals surface area contributed by atoms with Gasteiger partial charge in [0, 0.05) is 54.9 Å². The van der Waals surface area contributed by atoms with Gasteiger partial charge in [0.05, 0.1) is 6.20 Å². The number of anilines is 3. The summed E-state index contributed by atoms with van der Waals surface area (Å²) in [6.45, 7) is 8.68. The van der Waals surface area contributed by atoms with Gasteiger partial charge in [0.2, 0.25) is 0 Å². The van der Waals surface area contributed by atoms with Crippen LogP contribution in [0.15, 0.2) is 36.5 Å². The largest absolute Gasteiger partial charge is 0.421 e. The first kappa shape index (κ1) is 20.3. The molecular formula is C22H25FN8O. The number of H-pyrrole nitrogens is 2. The number of aryl methyl sites for hydroxylation is 1. The lowest BCUT2D eigenvalue weighted by Crippen LogP contribution is -2.46. The van der Waals surface area contributed by atoms with Crippen molar-refractivity contribution in [3.05, 3.63) is 48.0 Å². The van der Waals surface area contributed by atoms with Crippen LogP contribution >= 0.6 is 0 Å². The zero-order valence-electron chi connectivity index (χ0n) is 18.0. The summed E-state index contributed by atoms with van der Waals surface area (Å²) >= 11 is 0. The molecule has 1 aromatic carbocycles. The molecule has 3 N–H and O–H groups in total. The minimum absolute atomic E-state index is 0.0768. The quantitative estimate of drug-likeness (QED) is 0.423. The molecule has 32 heavy (non-hydrogen) atoms. The summed E-state index contributed by atoms with van der Waals surface area (Å²) < 4.78 is 20.9. The Labute approximate surface area is 184 Å². The number of benzene rings is 1. The van der Waals surface area contributed by atoms with Crippen molar-refractivity contribution in [2.24, 2.45) is 0 Å². The maximum absolute atomic E-state index is 15.1. The molecule has 10 heteroatoms. The highest BCUT2D eigenvalue weighted by Crippen LogP contribution is 2.31. The Balaban J connectivity index is 1.47. The topological polar surface area (TPSA) is 98.0 Å². The van der Waals surface area contributed by atoms with Gasteiger partial charge in [-0.2, -0.15) is 15.1 Å². The highest BCUT2D eigenvalue weighted by Gasteiger charge is 2.20. The highest BCUT2D eigenvalue weighted by atomic mass is 19.1. The third kappa shape index (κ3) is 4.09. The van der Waals surface area contributed by atoms with E-state index in [1.165, 1.54) is 0 Å². The molecule has 1 fully saturated rings. The maximum Gasteiger partial charge on any atom is 0.326 e. The Bertz CT molecular complexity index is 1210. The van der Waals surface area contributed by atoms with Gasteiger partial charge in [0.1, 0.15) is 17.5 Å². The Morgan fingerprint density at radius 3 is 2.72 bits per heavy atom. The van der Waals surface area contributed by atoms with Crippen LogP contribution in [0.5, 0.6) is 11.8 Å². The van der Waals surface area contributed by atoms with Gasteiger partial charge in [0.25, 0.3) is 0 Å². The van der Waals surface area contributed by atoms with Crippen LogP contribution in [0.3, 0.4) is 0 Å². The van der Waals surface area contributed by atoms with E-state index in [1.807, 2.05) is 13.0 Å². The molecule has 0 atom stereocenters. The van der Waals surface area contributed by atoms with E-state index in [-0.39, 0.29) is 11.8 Å². The lowest BCUT2D eigenvalue weighted by atomic mass is 10.2. The lowest BCUT2D eigenvalue weighted by Gasteiger charge is -2.34. The molecule has 4 aromatic rings. The molecule has 4 heterocycles. The van der Waals surface area contributed by atoms with E-state index in [4.69, 9.17) is 4.74 Å². The average Bonchev–Trinajstić information content (AvgIpc) is 3.45. The fraction of sp³-hybridized carbons (Fsp3) is 0.318. The van der Waals surface area contributed by atoms with E-state index in [9.17, 15) is 0 Å². The second-order valence-corrected chi connectivity index (χ2v) is 7.80. The SMILES string of the molecule is CCN1CCN(c2cc(Nc3ccn[nH]3)nc(Oc3ccc4[nH]c(C)cc4c3F)n2)CC1. The van der Waals surface area contributed by atoms with Gasteiger partial charge >= 0.3 is 6.01 Å². The van der Waals surface area contributed by atoms with Crippen molar-refractivity contribution in [3.8, 4) is 11.8 Å². The molecule has 166 valence electrons. The first-order valence-electron chi connectivity index (χ1n) is 10.7. The molecular weight excluding hydrogens is 411 g/mol. The number of hydrogen-bond acceptors (Lipinski definition) is 7. The van der Waals surface area contributed by atoms with Crippen LogP contribution in [0.1, 0.15) is 12.6 Å².